The zero-order valence-electron chi connectivity index (χ0n) is 16.8. The minimum Gasteiger partial charge on any atom is -0.324 e. The van der Waals surface area contributed by atoms with E-state index in [4.69, 9.17) is 0 Å². The first-order valence-electron chi connectivity index (χ1n) is 9.74. The number of nitrogens with one attached hydrogen (secondary N) is 1. The molecule has 1 aliphatic rings. The lowest BCUT2D eigenvalue weighted by atomic mass is 10.0. The van der Waals surface area contributed by atoms with E-state index in [0.717, 1.165) is 20.9 Å². The van der Waals surface area contributed by atoms with Crippen molar-refractivity contribution < 1.29 is 9.59 Å². The SMILES string of the molecule is Cc1nc2cc(NC(=O)CN3CCN(c4ccc(C(C)C)cc4)C3=O)ccc2s1. The maximum atomic E-state index is 12.8. The summed E-state index contributed by atoms with van der Waals surface area (Å²) in [5.41, 5.74) is 3.68. The van der Waals surface area contributed by atoms with Crippen LogP contribution in [-0.2, 0) is 4.79 Å². The summed E-state index contributed by atoms with van der Waals surface area (Å²) in [6.45, 7) is 7.39. The number of hydrogen-bond acceptors (Lipinski definition) is 4. The molecule has 0 unspecified atom stereocenters. The molecule has 2 heterocycles. The van der Waals surface area contributed by atoms with Crippen molar-refractivity contribution in [3.05, 3.63) is 53.0 Å². The third kappa shape index (κ3) is 4.10. The Bertz CT molecular complexity index is 1060. The number of carbonyl (C=O) groups excluding carboxylic acids is 2. The van der Waals surface area contributed by atoms with Gasteiger partial charge in [0.05, 0.1) is 15.2 Å². The molecule has 0 radical (unpaired) electrons. The number of carbonyl (C=O) groups is 2. The van der Waals surface area contributed by atoms with E-state index in [9.17, 15) is 9.59 Å². The number of anilines is 2. The van der Waals surface area contributed by atoms with Gasteiger partial charge in [-0.2, -0.15) is 0 Å². The average molecular weight is 409 g/mol. The van der Waals surface area contributed by atoms with Crippen molar-refractivity contribution in [1.29, 1.82) is 0 Å². The fourth-order valence-corrected chi connectivity index (χ4v) is 4.31. The number of thiazole rings is 1. The highest BCUT2D eigenvalue weighted by molar-refractivity contribution is 7.18. The largest absolute Gasteiger partial charge is 0.325 e. The molecule has 2 aromatic carbocycles. The monoisotopic (exact) mass is 408 g/mol. The first kappa shape index (κ1) is 19.4. The number of fused-ring (bicyclic) bond motifs is 1. The molecule has 0 saturated carbocycles. The van der Waals surface area contributed by atoms with Gasteiger partial charge in [0.1, 0.15) is 6.54 Å². The van der Waals surface area contributed by atoms with Gasteiger partial charge in [-0.1, -0.05) is 26.0 Å². The van der Waals surface area contributed by atoms with Crippen LogP contribution in [0.1, 0.15) is 30.3 Å². The van der Waals surface area contributed by atoms with Gasteiger partial charge in [-0.3, -0.25) is 9.69 Å². The van der Waals surface area contributed by atoms with E-state index in [0.29, 0.717) is 24.7 Å². The number of aromatic nitrogens is 1. The van der Waals surface area contributed by atoms with Gasteiger partial charge in [-0.25, -0.2) is 9.78 Å². The second-order valence-corrected chi connectivity index (χ2v) is 8.80. The Balaban J connectivity index is 1.38. The van der Waals surface area contributed by atoms with E-state index in [-0.39, 0.29) is 18.5 Å². The zero-order valence-corrected chi connectivity index (χ0v) is 17.6. The lowest BCUT2D eigenvalue weighted by Crippen LogP contribution is -2.37. The van der Waals surface area contributed by atoms with Crippen LogP contribution in [-0.4, -0.2) is 41.5 Å². The molecule has 0 spiro atoms. The highest BCUT2D eigenvalue weighted by Crippen LogP contribution is 2.25. The molecular formula is C22H24N4O2S. The third-order valence-corrected chi connectivity index (χ3v) is 6.03. The lowest BCUT2D eigenvalue weighted by Gasteiger charge is -2.19. The second-order valence-electron chi connectivity index (χ2n) is 7.57. The molecule has 1 N–H and O–H groups in total. The van der Waals surface area contributed by atoms with Crippen LogP contribution in [0, 0.1) is 6.92 Å². The van der Waals surface area contributed by atoms with E-state index in [1.807, 2.05) is 37.3 Å². The van der Waals surface area contributed by atoms with E-state index in [1.165, 1.54) is 5.56 Å². The van der Waals surface area contributed by atoms with E-state index in [2.05, 4.69) is 36.3 Å². The summed E-state index contributed by atoms with van der Waals surface area (Å²) in [6, 6.07) is 13.6. The summed E-state index contributed by atoms with van der Waals surface area (Å²) in [5.74, 6) is 0.243. The Morgan fingerprint density at radius 2 is 1.93 bits per heavy atom. The highest BCUT2D eigenvalue weighted by Gasteiger charge is 2.30. The van der Waals surface area contributed by atoms with E-state index < -0.39 is 0 Å². The predicted molar refractivity (Wildman–Crippen MR) is 118 cm³/mol. The standard InChI is InChI=1S/C22H24N4O2S/c1-14(2)16-4-7-18(8-5-16)26-11-10-25(22(26)28)13-21(27)24-17-6-9-20-19(12-17)23-15(3)29-20/h4-9,12,14H,10-11,13H2,1-3H3,(H,24,27). The Kier molecular flexibility index (Phi) is 5.24. The topological polar surface area (TPSA) is 65.5 Å². The number of urea groups is 1. The Morgan fingerprint density at radius 3 is 2.66 bits per heavy atom. The molecule has 3 amide bonds. The molecule has 0 bridgehead atoms. The fraction of sp³-hybridized carbons (Fsp3) is 0.318. The van der Waals surface area contributed by atoms with Gasteiger partial charge < -0.3 is 10.2 Å². The first-order chi connectivity index (χ1) is 13.9. The van der Waals surface area contributed by atoms with Crippen molar-refractivity contribution in [3.8, 4) is 0 Å². The molecule has 1 aliphatic heterocycles. The Hall–Kier alpha value is -2.93. The van der Waals surface area contributed by atoms with Crippen molar-refractivity contribution in [2.45, 2.75) is 26.7 Å². The molecule has 1 aromatic heterocycles. The molecule has 29 heavy (non-hydrogen) atoms. The molecule has 0 aliphatic carbocycles. The number of rotatable bonds is 5. The third-order valence-electron chi connectivity index (χ3n) is 5.08. The highest BCUT2D eigenvalue weighted by atomic mass is 32.1. The molecule has 1 fully saturated rings. The van der Waals surface area contributed by atoms with Gasteiger partial charge in [-0.15, -0.1) is 11.3 Å². The quantitative estimate of drug-likeness (QED) is 0.670. The Morgan fingerprint density at radius 1 is 1.17 bits per heavy atom. The van der Waals surface area contributed by atoms with Crippen molar-refractivity contribution in [2.75, 3.05) is 29.9 Å². The van der Waals surface area contributed by atoms with Gasteiger partial charge in [0, 0.05) is 24.5 Å². The van der Waals surface area contributed by atoms with E-state index in [1.54, 1.807) is 21.1 Å². The van der Waals surface area contributed by atoms with Crippen LogP contribution in [0.15, 0.2) is 42.5 Å². The summed E-state index contributed by atoms with van der Waals surface area (Å²) in [4.78, 5) is 33.0. The van der Waals surface area contributed by atoms with Crippen molar-refractivity contribution in [3.63, 3.8) is 0 Å². The van der Waals surface area contributed by atoms with Crippen LogP contribution in [0.2, 0.25) is 0 Å². The van der Waals surface area contributed by atoms with Crippen LogP contribution in [0.5, 0.6) is 0 Å². The van der Waals surface area contributed by atoms with Gasteiger partial charge >= 0.3 is 6.03 Å². The van der Waals surface area contributed by atoms with Gasteiger partial charge in [0.15, 0.2) is 0 Å². The molecule has 7 heteroatoms. The summed E-state index contributed by atoms with van der Waals surface area (Å²) in [6.07, 6.45) is 0. The minimum atomic E-state index is -0.207. The normalized spacial score (nSPS) is 14.3. The summed E-state index contributed by atoms with van der Waals surface area (Å²) in [5, 5.41) is 3.87. The number of amides is 3. The average Bonchev–Trinajstić information content (AvgIpc) is 3.23. The predicted octanol–water partition coefficient (Wildman–Crippen LogP) is 4.61. The van der Waals surface area contributed by atoms with Crippen LogP contribution in [0.25, 0.3) is 10.2 Å². The van der Waals surface area contributed by atoms with Gasteiger partial charge in [0.25, 0.3) is 0 Å². The van der Waals surface area contributed by atoms with Crippen LogP contribution in [0.3, 0.4) is 0 Å². The summed E-state index contributed by atoms with van der Waals surface area (Å²) < 4.78 is 1.09. The molecule has 3 aromatic rings. The van der Waals surface area contributed by atoms with E-state index >= 15 is 0 Å². The number of hydrogen-bond donors (Lipinski definition) is 1. The number of aryl methyl sites for hydroxylation is 1. The van der Waals surface area contributed by atoms with Crippen LogP contribution in [0.4, 0.5) is 16.2 Å². The maximum absolute atomic E-state index is 12.8. The molecule has 150 valence electrons. The number of nitrogens with zero attached hydrogens (tertiary/aromatic N) is 3. The lowest BCUT2D eigenvalue weighted by molar-refractivity contribution is -0.116. The van der Waals surface area contributed by atoms with Crippen LogP contribution >= 0.6 is 11.3 Å². The molecule has 6 nitrogen and oxygen atoms in total. The minimum absolute atomic E-state index is 0.0353. The van der Waals surface area contributed by atoms with Crippen molar-refractivity contribution >= 4 is 44.9 Å². The summed E-state index contributed by atoms with van der Waals surface area (Å²) >= 11 is 1.62. The van der Waals surface area contributed by atoms with Crippen molar-refractivity contribution in [2.24, 2.45) is 0 Å². The van der Waals surface area contributed by atoms with Gasteiger partial charge in [0.2, 0.25) is 5.91 Å². The zero-order chi connectivity index (χ0) is 20.5. The van der Waals surface area contributed by atoms with Gasteiger partial charge in [-0.05, 0) is 48.7 Å². The fourth-order valence-electron chi connectivity index (χ4n) is 3.50. The maximum Gasteiger partial charge on any atom is 0.325 e. The first-order valence-corrected chi connectivity index (χ1v) is 10.6. The molecule has 4 rings (SSSR count). The smallest absolute Gasteiger partial charge is 0.324 e. The molecule has 0 atom stereocenters. The number of benzene rings is 2. The van der Waals surface area contributed by atoms with Crippen LogP contribution < -0.4 is 10.2 Å². The van der Waals surface area contributed by atoms with Crippen molar-refractivity contribution in [1.82, 2.24) is 9.88 Å². The second kappa shape index (κ2) is 7.83. The Labute approximate surface area is 174 Å². The molecule has 1 saturated heterocycles. The molecular weight excluding hydrogens is 384 g/mol. The summed E-state index contributed by atoms with van der Waals surface area (Å²) in [7, 11) is 0.